The van der Waals surface area contributed by atoms with Crippen LogP contribution in [0.5, 0.6) is 0 Å². The summed E-state index contributed by atoms with van der Waals surface area (Å²) < 4.78 is 6.16. The summed E-state index contributed by atoms with van der Waals surface area (Å²) in [5.41, 5.74) is 9.24. The molecule has 3 aromatic rings. The molecular formula is C13H8BrClN2OS. The molecular weight excluding hydrogens is 348 g/mol. The second kappa shape index (κ2) is 5.00. The molecule has 2 heterocycles. The Hall–Kier alpha value is -1.30. The van der Waals surface area contributed by atoms with Crippen molar-refractivity contribution < 1.29 is 4.52 Å². The number of nitrogen functional groups attached to an aromatic ring is 1. The van der Waals surface area contributed by atoms with E-state index >= 15 is 0 Å². The summed E-state index contributed by atoms with van der Waals surface area (Å²) in [6, 6.07) is 9.44. The summed E-state index contributed by atoms with van der Waals surface area (Å²) in [4.78, 5) is 0. The van der Waals surface area contributed by atoms with Gasteiger partial charge in [0.25, 0.3) is 0 Å². The Morgan fingerprint density at radius 3 is 2.79 bits per heavy atom. The molecule has 0 atom stereocenters. The number of hydrogen-bond donors (Lipinski definition) is 1. The minimum atomic E-state index is 0.291. The van der Waals surface area contributed by atoms with E-state index in [2.05, 4.69) is 21.1 Å². The van der Waals surface area contributed by atoms with Gasteiger partial charge < -0.3 is 10.3 Å². The highest BCUT2D eigenvalue weighted by atomic mass is 79.9. The molecule has 0 unspecified atom stereocenters. The molecule has 0 amide bonds. The van der Waals surface area contributed by atoms with Gasteiger partial charge in [0.2, 0.25) is 5.88 Å². The van der Waals surface area contributed by atoms with Crippen LogP contribution in [0.2, 0.25) is 5.02 Å². The van der Waals surface area contributed by atoms with E-state index in [1.807, 2.05) is 35.7 Å². The lowest BCUT2D eigenvalue weighted by Gasteiger charge is -2.01. The molecule has 0 fully saturated rings. The maximum atomic E-state index is 6.02. The van der Waals surface area contributed by atoms with Crippen LogP contribution in [0.1, 0.15) is 0 Å². The van der Waals surface area contributed by atoms with Gasteiger partial charge in [-0.15, -0.1) is 11.3 Å². The van der Waals surface area contributed by atoms with Crippen LogP contribution in [0.25, 0.3) is 22.4 Å². The highest BCUT2D eigenvalue weighted by Crippen LogP contribution is 2.39. The van der Waals surface area contributed by atoms with E-state index in [4.69, 9.17) is 21.9 Å². The topological polar surface area (TPSA) is 52.0 Å². The van der Waals surface area contributed by atoms with E-state index in [1.165, 1.54) is 0 Å². The van der Waals surface area contributed by atoms with E-state index in [1.54, 1.807) is 11.3 Å². The summed E-state index contributed by atoms with van der Waals surface area (Å²) in [7, 11) is 0. The van der Waals surface area contributed by atoms with Crippen molar-refractivity contribution in [2.75, 3.05) is 5.73 Å². The molecule has 0 aliphatic carbocycles. The Balaban J connectivity index is 2.19. The quantitative estimate of drug-likeness (QED) is 0.698. The van der Waals surface area contributed by atoms with E-state index in [-0.39, 0.29) is 0 Å². The van der Waals surface area contributed by atoms with E-state index in [9.17, 15) is 0 Å². The standard InChI is InChI=1S/C13H8BrClN2OS/c14-10-5-8(6-19-10)12-11(13(16)18-17-12)7-2-1-3-9(15)4-7/h1-6H,16H2. The first-order valence-electron chi connectivity index (χ1n) is 5.40. The van der Waals surface area contributed by atoms with E-state index < -0.39 is 0 Å². The second-order valence-electron chi connectivity index (χ2n) is 3.92. The van der Waals surface area contributed by atoms with Crippen molar-refractivity contribution >= 4 is 44.8 Å². The van der Waals surface area contributed by atoms with Gasteiger partial charge in [-0.1, -0.05) is 28.9 Å². The highest BCUT2D eigenvalue weighted by Gasteiger charge is 2.18. The fraction of sp³-hybridized carbons (Fsp3) is 0. The Labute approximate surface area is 127 Å². The van der Waals surface area contributed by atoms with Crippen molar-refractivity contribution in [2.24, 2.45) is 0 Å². The van der Waals surface area contributed by atoms with Gasteiger partial charge in [-0.25, -0.2) is 0 Å². The molecule has 96 valence electrons. The maximum absolute atomic E-state index is 6.02. The number of hydrogen-bond acceptors (Lipinski definition) is 4. The summed E-state index contributed by atoms with van der Waals surface area (Å²) in [6.45, 7) is 0. The van der Waals surface area contributed by atoms with Gasteiger partial charge in [0.05, 0.1) is 9.35 Å². The number of thiophene rings is 1. The Morgan fingerprint density at radius 1 is 1.26 bits per heavy atom. The number of benzene rings is 1. The van der Waals surface area contributed by atoms with Crippen molar-refractivity contribution in [1.82, 2.24) is 5.16 Å². The maximum Gasteiger partial charge on any atom is 0.230 e. The van der Waals surface area contributed by atoms with Gasteiger partial charge in [0.15, 0.2) is 0 Å². The Kier molecular flexibility index (Phi) is 3.35. The number of aromatic nitrogens is 1. The molecule has 0 radical (unpaired) electrons. The molecule has 2 N–H and O–H groups in total. The van der Waals surface area contributed by atoms with Crippen LogP contribution < -0.4 is 5.73 Å². The SMILES string of the molecule is Nc1onc(-c2csc(Br)c2)c1-c1cccc(Cl)c1. The molecule has 0 saturated heterocycles. The minimum absolute atomic E-state index is 0.291. The predicted molar refractivity (Wildman–Crippen MR) is 82.4 cm³/mol. The molecule has 0 saturated carbocycles. The van der Waals surface area contributed by atoms with E-state index in [0.29, 0.717) is 10.9 Å². The zero-order valence-electron chi connectivity index (χ0n) is 9.56. The van der Waals surface area contributed by atoms with Gasteiger partial charge in [0, 0.05) is 16.0 Å². The number of anilines is 1. The zero-order chi connectivity index (χ0) is 13.4. The van der Waals surface area contributed by atoms with Crippen LogP contribution in [-0.2, 0) is 0 Å². The van der Waals surface area contributed by atoms with Crippen LogP contribution in [0, 0.1) is 0 Å². The first-order chi connectivity index (χ1) is 9.15. The normalized spacial score (nSPS) is 10.8. The number of halogens is 2. The van der Waals surface area contributed by atoms with Crippen molar-refractivity contribution in [2.45, 2.75) is 0 Å². The summed E-state index contributed by atoms with van der Waals surface area (Å²) >= 11 is 11.0. The molecule has 0 aliphatic heterocycles. The van der Waals surface area contributed by atoms with Crippen molar-refractivity contribution in [3.8, 4) is 22.4 Å². The average Bonchev–Trinajstić information content (AvgIpc) is 2.95. The number of nitrogens with zero attached hydrogens (tertiary/aromatic N) is 1. The van der Waals surface area contributed by atoms with Crippen molar-refractivity contribution in [3.05, 3.63) is 44.5 Å². The van der Waals surface area contributed by atoms with Gasteiger partial charge >= 0.3 is 0 Å². The fourth-order valence-electron chi connectivity index (χ4n) is 1.86. The lowest BCUT2D eigenvalue weighted by atomic mass is 10.0. The van der Waals surface area contributed by atoms with E-state index in [0.717, 1.165) is 26.2 Å². The summed E-state index contributed by atoms with van der Waals surface area (Å²) in [5.74, 6) is 0.291. The zero-order valence-corrected chi connectivity index (χ0v) is 12.7. The van der Waals surface area contributed by atoms with Crippen LogP contribution in [-0.4, -0.2) is 5.16 Å². The average molecular weight is 356 g/mol. The third-order valence-corrected chi connectivity index (χ3v) is 4.41. The summed E-state index contributed by atoms with van der Waals surface area (Å²) in [6.07, 6.45) is 0. The largest absolute Gasteiger partial charge is 0.367 e. The molecule has 6 heteroatoms. The number of rotatable bonds is 2. The Bertz CT molecular complexity index is 738. The highest BCUT2D eigenvalue weighted by molar-refractivity contribution is 9.11. The third kappa shape index (κ3) is 2.41. The molecule has 2 aromatic heterocycles. The second-order valence-corrected chi connectivity index (χ2v) is 6.65. The monoisotopic (exact) mass is 354 g/mol. The fourth-order valence-corrected chi connectivity index (χ4v) is 3.19. The lowest BCUT2D eigenvalue weighted by Crippen LogP contribution is -1.87. The van der Waals surface area contributed by atoms with Crippen LogP contribution in [0.4, 0.5) is 5.88 Å². The first kappa shape index (κ1) is 12.7. The van der Waals surface area contributed by atoms with Crippen molar-refractivity contribution in [1.29, 1.82) is 0 Å². The van der Waals surface area contributed by atoms with Gasteiger partial charge in [-0.3, -0.25) is 0 Å². The van der Waals surface area contributed by atoms with Gasteiger partial charge in [-0.2, -0.15) is 0 Å². The molecule has 0 bridgehead atoms. The molecule has 0 spiro atoms. The first-order valence-corrected chi connectivity index (χ1v) is 7.45. The molecule has 19 heavy (non-hydrogen) atoms. The van der Waals surface area contributed by atoms with Crippen LogP contribution in [0.15, 0.2) is 44.0 Å². The number of nitrogens with two attached hydrogens (primary N) is 1. The third-order valence-electron chi connectivity index (χ3n) is 2.67. The smallest absolute Gasteiger partial charge is 0.230 e. The van der Waals surface area contributed by atoms with Crippen molar-refractivity contribution in [3.63, 3.8) is 0 Å². The van der Waals surface area contributed by atoms with Crippen LogP contribution >= 0.6 is 38.9 Å². The molecule has 3 rings (SSSR count). The predicted octanol–water partition coefficient (Wildman–Crippen LogP) is 5.07. The van der Waals surface area contributed by atoms with Gasteiger partial charge in [0.1, 0.15) is 5.69 Å². The lowest BCUT2D eigenvalue weighted by molar-refractivity contribution is 0.439. The molecule has 0 aliphatic rings. The Morgan fingerprint density at radius 2 is 2.11 bits per heavy atom. The van der Waals surface area contributed by atoms with Crippen LogP contribution in [0.3, 0.4) is 0 Å². The molecule has 1 aromatic carbocycles. The minimum Gasteiger partial charge on any atom is -0.367 e. The van der Waals surface area contributed by atoms with Gasteiger partial charge in [-0.05, 0) is 39.7 Å². The summed E-state index contributed by atoms with van der Waals surface area (Å²) in [5, 5.41) is 6.69. The molecule has 3 nitrogen and oxygen atoms in total.